The highest BCUT2D eigenvalue weighted by molar-refractivity contribution is 5.86. The van der Waals surface area contributed by atoms with Crippen molar-refractivity contribution in [3.8, 4) is 0 Å². The molecule has 5 heteroatoms. The number of anilines is 1. The number of carbonyl (C=O) groups excluding carboxylic acids is 1. The lowest BCUT2D eigenvalue weighted by Crippen LogP contribution is -2.27. The molecule has 0 spiro atoms. The van der Waals surface area contributed by atoms with Gasteiger partial charge in [-0.1, -0.05) is 18.2 Å². The number of hydrogen-bond donors (Lipinski definition) is 2. The second-order valence-electron chi connectivity index (χ2n) is 4.99. The molecule has 0 aliphatic heterocycles. The molecule has 0 fully saturated rings. The summed E-state index contributed by atoms with van der Waals surface area (Å²) >= 11 is 0. The maximum absolute atomic E-state index is 11.7. The highest BCUT2D eigenvalue weighted by atomic mass is 16.6. The zero-order valence-electron chi connectivity index (χ0n) is 11.2. The molecule has 0 saturated heterocycles. The number of amides is 1. The fraction of sp³-hybridized carbons (Fsp3) is 0.462. The average Bonchev–Trinajstić information content (AvgIpc) is 2.26. The number of carbonyl (C=O) groups is 1. The molecule has 1 amide bonds. The summed E-state index contributed by atoms with van der Waals surface area (Å²) in [4.78, 5) is 16.5. The van der Waals surface area contributed by atoms with Crippen molar-refractivity contribution >= 4 is 11.8 Å². The Balaban J connectivity index is 2.81. The molecule has 0 aliphatic carbocycles. The van der Waals surface area contributed by atoms with Gasteiger partial charge in [0.2, 0.25) is 0 Å². The zero-order valence-corrected chi connectivity index (χ0v) is 11.2. The average molecular weight is 252 g/mol. The quantitative estimate of drug-likeness (QED) is 0.811. The standard InChI is InChI=1S/C13H20N2O3/c1-9(18-14)10-7-5-6-8-11(10)15-12(16)17-13(2,3)4/h5-9H,14H2,1-4H3,(H,15,16). The highest BCUT2D eigenvalue weighted by Crippen LogP contribution is 2.24. The second kappa shape index (κ2) is 5.84. The van der Waals surface area contributed by atoms with Crippen molar-refractivity contribution in [3.63, 3.8) is 0 Å². The first-order chi connectivity index (χ1) is 8.33. The smallest absolute Gasteiger partial charge is 0.412 e. The SMILES string of the molecule is CC(ON)c1ccccc1NC(=O)OC(C)(C)C. The molecule has 0 bridgehead atoms. The third-order valence-electron chi connectivity index (χ3n) is 2.24. The fourth-order valence-electron chi connectivity index (χ4n) is 1.45. The predicted octanol–water partition coefficient (Wildman–Crippen LogP) is 2.98. The minimum atomic E-state index is -0.533. The summed E-state index contributed by atoms with van der Waals surface area (Å²) in [6, 6.07) is 7.28. The molecule has 1 aromatic carbocycles. The van der Waals surface area contributed by atoms with Crippen molar-refractivity contribution in [1.29, 1.82) is 0 Å². The molecule has 1 unspecified atom stereocenters. The van der Waals surface area contributed by atoms with Crippen LogP contribution in [0.25, 0.3) is 0 Å². The van der Waals surface area contributed by atoms with E-state index < -0.39 is 11.7 Å². The molecule has 1 atom stereocenters. The van der Waals surface area contributed by atoms with E-state index in [1.54, 1.807) is 13.0 Å². The van der Waals surface area contributed by atoms with Gasteiger partial charge in [0.15, 0.2) is 0 Å². The van der Waals surface area contributed by atoms with Crippen LogP contribution in [0.3, 0.4) is 0 Å². The zero-order chi connectivity index (χ0) is 13.8. The lowest BCUT2D eigenvalue weighted by atomic mass is 10.1. The summed E-state index contributed by atoms with van der Waals surface area (Å²) in [5.41, 5.74) is 0.894. The lowest BCUT2D eigenvalue weighted by molar-refractivity contribution is 0.0624. The summed E-state index contributed by atoms with van der Waals surface area (Å²) in [6.07, 6.45) is -0.810. The molecule has 5 nitrogen and oxygen atoms in total. The first-order valence-electron chi connectivity index (χ1n) is 5.78. The summed E-state index contributed by atoms with van der Waals surface area (Å²) in [6.45, 7) is 7.23. The number of para-hydroxylation sites is 1. The van der Waals surface area contributed by atoms with Crippen molar-refractivity contribution < 1.29 is 14.4 Å². The van der Waals surface area contributed by atoms with Crippen molar-refractivity contribution in [2.24, 2.45) is 5.90 Å². The van der Waals surface area contributed by atoms with E-state index in [-0.39, 0.29) is 6.10 Å². The van der Waals surface area contributed by atoms with Gasteiger partial charge in [0.05, 0.1) is 0 Å². The third kappa shape index (κ3) is 4.35. The van der Waals surface area contributed by atoms with Crippen LogP contribution in [0.2, 0.25) is 0 Å². The van der Waals surface area contributed by atoms with Crippen LogP contribution in [-0.2, 0) is 9.57 Å². The molecule has 0 saturated carbocycles. The Morgan fingerprint density at radius 2 is 1.94 bits per heavy atom. The number of nitrogens with two attached hydrogens (primary N) is 1. The van der Waals surface area contributed by atoms with E-state index in [1.807, 2.05) is 39.0 Å². The van der Waals surface area contributed by atoms with E-state index in [2.05, 4.69) is 5.32 Å². The maximum Gasteiger partial charge on any atom is 0.412 e. The van der Waals surface area contributed by atoms with Crippen LogP contribution in [0.15, 0.2) is 24.3 Å². The van der Waals surface area contributed by atoms with Crippen molar-refractivity contribution in [2.45, 2.75) is 39.4 Å². The van der Waals surface area contributed by atoms with E-state index in [1.165, 1.54) is 0 Å². The fourth-order valence-corrected chi connectivity index (χ4v) is 1.45. The largest absolute Gasteiger partial charge is 0.444 e. The first kappa shape index (κ1) is 14.5. The van der Waals surface area contributed by atoms with Gasteiger partial charge in [0.25, 0.3) is 0 Å². The first-order valence-corrected chi connectivity index (χ1v) is 5.78. The molecular formula is C13H20N2O3. The minimum Gasteiger partial charge on any atom is -0.444 e. The van der Waals surface area contributed by atoms with Crippen LogP contribution in [0.1, 0.15) is 39.4 Å². The van der Waals surface area contributed by atoms with Crippen LogP contribution in [0.4, 0.5) is 10.5 Å². The van der Waals surface area contributed by atoms with E-state index >= 15 is 0 Å². The topological polar surface area (TPSA) is 73.6 Å². The molecular weight excluding hydrogens is 232 g/mol. The van der Waals surface area contributed by atoms with Gasteiger partial charge in [-0.3, -0.25) is 10.2 Å². The predicted molar refractivity (Wildman–Crippen MR) is 70.0 cm³/mol. The number of ether oxygens (including phenoxy) is 1. The second-order valence-corrected chi connectivity index (χ2v) is 4.99. The van der Waals surface area contributed by atoms with E-state index in [4.69, 9.17) is 15.5 Å². The molecule has 1 rings (SSSR count). The number of nitrogens with one attached hydrogen (secondary N) is 1. The van der Waals surface area contributed by atoms with Crippen LogP contribution in [0, 0.1) is 0 Å². The van der Waals surface area contributed by atoms with Gasteiger partial charge in [-0.2, -0.15) is 0 Å². The normalized spacial score (nSPS) is 12.9. The Bertz CT molecular complexity index is 413. The summed E-state index contributed by atoms with van der Waals surface area (Å²) in [5.74, 6) is 5.16. The Morgan fingerprint density at radius 3 is 2.50 bits per heavy atom. The van der Waals surface area contributed by atoms with Crippen molar-refractivity contribution in [3.05, 3.63) is 29.8 Å². The van der Waals surface area contributed by atoms with Crippen LogP contribution < -0.4 is 11.2 Å². The van der Waals surface area contributed by atoms with Gasteiger partial charge in [0, 0.05) is 11.3 Å². The Hall–Kier alpha value is -1.59. The van der Waals surface area contributed by atoms with E-state index in [0.29, 0.717) is 5.69 Å². The highest BCUT2D eigenvalue weighted by Gasteiger charge is 2.18. The lowest BCUT2D eigenvalue weighted by Gasteiger charge is -2.21. The summed E-state index contributed by atoms with van der Waals surface area (Å²) in [7, 11) is 0. The summed E-state index contributed by atoms with van der Waals surface area (Å²) in [5, 5.41) is 2.69. The van der Waals surface area contributed by atoms with Gasteiger partial charge >= 0.3 is 6.09 Å². The van der Waals surface area contributed by atoms with Gasteiger partial charge in [0.1, 0.15) is 11.7 Å². The number of hydrogen-bond acceptors (Lipinski definition) is 4. The Kier molecular flexibility index (Phi) is 4.69. The van der Waals surface area contributed by atoms with Crippen molar-refractivity contribution in [1.82, 2.24) is 0 Å². The van der Waals surface area contributed by atoms with Crippen molar-refractivity contribution in [2.75, 3.05) is 5.32 Å². The third-order valence-corrected chi connectivity index (χ3v) is 2.24. The Labute approximate surface area is 107 Å². The number of benzene rings is 1. The molecule has 0 aliphatic rings. The molecule has 18 heavy (non-hydrogen) atoms. The molecule has 100 valence electrons. The van der Waals surface area contributed by atoms with Gasteiger partial charge in [-0.15, -0.1) is 0 Å². The van der Waals surface area contributed by atoms with Gasteiger partial charge in [-0.25, -0.2) is 10.7 Å². The van der Waals surface area contributed by atoms with Crippen LogP contribution in [0.5, 0.6) is 0 Å². The van der Waals surface area contributed by atoms with Gasteiger partial charge < -0.3 is 4.74 Å². The monoisotopic (exact) mass is 252 g/mol. The van der Waals surface area contributed by atoms with Crippen LogP contribution >= 0.6 is 0 Å². The molecule has 0 radical (unpaired) electrons. The van der Waals surface area contributed by atoms with E-state index in [9.17, 15) is 4.79 Å². The maximum atomic E-state index is 11.7. The molecule has 0 heterocycles. The van der Waals surface area contributed by atoms with Crippen LogP contribution in [-0.4, -0.2) is 11.7 Å². The minimum absolute atomic E-state index is 0.309. The summed E-state index contributed by atoms with van der Waals surface area (Å²) < 4.78 is 5.19. The van der Waals surface area contributed by atoms with E-state index in [0.717, 1.165) is 5.56 Å². The molecule has 0 aromatic heterocycles. The Morgan fingerprint density at radius 1 is 1.33 bits per heavy atom. The molecule has 1 aromatic rings. The number of rotatable bonds is 3. The molecule has 3 N–H and O–H groups in total. The van der Waals surface area contributed by atoms with Gasteiger partial charge in [-0.05, 0) is 33.8 Å².